The SMILES string of the molecule is COC(=O)Cn1c(=NC(=O)CCCSc2ccc(OC)cc2)sc2ccc([N+](=O)[O-])cc21. The highest BCUT2D eigenvalue weighted by Crippen LogP contribution is 2.24. The van der Waals surface area contributed by atoms with E-state index in [1.807, 2.05) is 24.3 Å². The minimum absolute atomic E-state index is 0.109. The van der Waals surface area contributed by atoms with Crippen LogP contribution in [-0.4, -0.2) is 41.3 Å². The molecule has 0 spiro atoms. The van der Waals surface area contributed by atoms with E-state index in [1.165, 1.54) is 35.1 Å². The summed E-state index contributed by atoms with van der Waals surface area (Å²) in [4.78, 5) is 40.5. The van der Waals surface area contributed by atoms with Crippen LogP contribution in [0.2, 0.25) is 0 Å². The monoisotopic (exact) mass is 475 g/mol. The highest BCUT2D eigenvalue weighted by atomic mass is 32.2. The minimum atomic E-state index is -0.541. The summed E-state index contributed by atoms with van der Waals surface area (Å²) < 4.78 is 12.0. The molecule has 0 radical (unpaired) electrons. The first-order valence-corrected chi connectivity index (χ1v) is 11.4. The fourth-order valence-corrected chi connectivity index (χ4v) is 4.73. The van der Waals surface area contributed by atoms with Crippen LogP contribution in [0, 0.1) is 10.1 Å². The molecule has 1 amide bonds. The van der Waals surface area contributed by atoms with Gasteiger partial charge in [0.05, 0.1) is 29.4 Å². The number of non-ortho nitro benzene ring substituents is 1. The normalized spacial score (nSPS) is 11.5. The summed E-state index contributed by atoms with van der Waals surface area (Å²) in [7, 11) is 2.87. The van der Waals surface area contributed by atoms with E-state index in [9.17, 15) is 19.7 Å². The summed E-state index contributed by atoms with van der Waals surface area (Å²) >= 11 is 2.83. The molecule has 0 saturated heterocycles. The van der Waals surface area contributed by atoms with Gasteiger partial charge in [0.1, 0.15) is 12.3 Å². The first-order chi connectivity index (χ1) is 15.4. The van der Waals surface area contributed by atoms with Gasteiger partial charge in [0.25, 0.3) is 5.69 Å². The van der Waals surface area contributed by atoms with Gasteiger partial charge in [-0.15, -0.1) is 11.8 Å². The maximum absolute atomic E-state index is 12.4. The van der Waals surface area contributed by atoms with Gasteiger partial charge in [0, 0.05) is 23.4 Å². The Morgan fingerprint density at radius 3 is 2.59 bits per heavy atom. The third-order valence-electron chi connectivity index (χ3n) is 4.47. The summed E-state index contributed by atoms with van der Waals surface area (Å²) in [6.45, 7) is -0.197. The molecule has 11 heteroatoms. The second-order valence-electron chi connectivity index (χ2n) is 6.59. The molecule has 0 aliphatic heterocycles. The lowest BCUT2D eigenvalue weighted by molar-refractivity contribution is -0.384. The Morgan fingerprint density at radius 2 is 1.94 bits per heavy atom. The summed E-state index contributed by atoms with van der Waals surface area (Å²) in [5, 5.41) is 11.1. The lowest BCUT2D eigenvalue weighted by Gasteiger charge is -2.04. The highest BCUT2D eigenvalue weighted by Gasteiger charge is 2.15. The Morgan fingerprint density at radius 1 is 1.19 bits per heavy atom. The number of aromatic nitrogens is 1. The van der Waals surface area contributed by atoms with Crippen LogP contribution >= 0.6 is 23.1 Å². The first-order valence-electron chi connectivity index (χ1n) is 9.60. The molecular formula is C21H21N3O6S2. The zero-order valence-corrected chi connectivity index (χ0v) is 19.1. The van der Waals surface area contributed by atoms with Crippen molar-refractivity contribution < 1.29 is 24.0 Å². The second-order valence-corrected chi connectivity index (χ2v) is 8.77. The van der Waals surface area contributed by atoms with Crippen molar-refractivity contribution in [1.29, 1.82) is 0 Å². The third kappa shape index (κ3) is 5.95. The van der Waals surface area contributed by atoms with Crippen molar-refractivity contribution >= 4 is 50.9 Å². The molecule has 0 N–H and O–H groups in total. The molecule has 0 fully saturated rings. The smallest absolute Gasteiger partial charge is 0.325 e. The second kappa shape index (κ2) is 10.9. The van der Waals surface area contributed by atoms with E-state index in [1.54, 1.807) is 24.9 Å². The van der Waals surface area contributed by atoms with E-state index in [2.05, 4.69) is 4.99 Å². The van der Waals surface area contributed by atoms with Crippen LogP contribution in [0.15, 0.2) is 52.4 Å². The summed E-state index contributed by atoms with van der Waals surface area (Å²) in [5.74, 6) is 0.673. The van der Waals surface area contributed by atoms with Gasteiger partial charge >= 0.3 is 5.97 Å². The molecule has 0 aliphatic rings. The lowest BCUT2D eigenvalue weighted by Crippen LogP contribution is -2.22. The van der Waals surface area contributed by atoms with Crippen molar-refractivity contribution in [3.63, 3.8) is 0 Å². The van der Waals surface area contributed by atoms with Crippen molar-refractivity contribution in [3.05, 3.63) is 57.4 Å². The molecule has 32 heavy (non-hydrogen) atoms. The number of rotatable bonds is 9. The summed E-state index contributed by atoms with van der Waals surface area (Å²) in [6.07, 6.45) is 0.877. The molecule has 168 valence electrons. The molecule has 0 atom stereocenters. The average Bonchev–Trinajstić information content (AvgIpc) is 3.12. The Bertz CT molecular complexity index is 1200. The fourth-order valence-electron chi connectivity index (χ4n) is 2.85. The number of carbonyl (C=O) groups excluding carboxylic acids is 2. The van der Waals surface area contributed by atoms with Gasteiger partial charge in [0.2, 0.25) is 5.91 Å². The lowest BCUT2D eigenvalue weighted by atomic mass is 10.3. The van der Waals surface area contributed by atoms with Crippen LogP contribution in [0.4, 0.5) is 5.69 Å². The molecule has 1 heterocycles. The molecule has 0 aliphatic carbocycles. The Hall–Kier alpha value is -3.18. The molecule has 1 aromatic heterocycles. The van der Waals surface area contributed by atoms with Crippen LogP contribution in [0.1, 0.15) is 12.8 Å². The van der Waals surface area contributed by atoms with E-state index in [4.69, 9.17) is 9.47 Å². The number of hydrogen-bond donors (Lipinski definition) is 0. The van der Waals surface area contributed by atoms with E-state index in [0.717, 1.165) is 16.4 Å². The molecule has 3 aromatic rings. The number of amides is 1. The van der Waals surface area contributed by atoms with Crippen molar-refractivity contribution in [1.82, 2.24) is 4.57 Å². The molecule has 2 aromatic carbocycles. The van der Waals surface area contributed by atoms with Crippen LogP contribution in [0.25, 0.3) is 10.2 Å². The van der Waals surface area contributed by atoms with Crippen molar-refractivity contribution in [2.75, 3.05) is 20.0 Å². The molecule has 9 nitrogen and oxygen atoms in total. The topological polar surface area (TPSA) is 113 Å². The maximum atomic E-state index is 12.4. The Labute approximate surface area is 191 Å². The third-order valence-corrected chi connectivity index (χ3v) is 6.63. The summed E-state index contributed by atoms with van der Waals surface area (Å²) in [5.41, 5.74) is 0.346. The minimum Gasteiger partial charge on any atom is -0.497 e. The first kappa shape index (κ1) is 23.5. The Balaban J connectivity index is 1.73. The predicted octanol–water partition coefficient (Wildman–Crippen LogP) is 3.79. The van der Waals surface area contributed by atoms with Crippen molar-refractivity contribution in [2.45, 2.75) is 24.3 Å². The van der Waals surface area contributed by atoms with Gasteiger partial charge < -0.3 is 14.0 Å². The van der Waals surface area contributed by atoms with Crippen LogP contribution in [-0.2, 0) is 20.9 Å². The summed E-state index contributed by atoms with van der Waals surface area (Å²) in [6, 6.07) is 12.0. The average molecular weight is 476 g/mol. The van der Waals surface area contributed by atoms with Gasteiger partial charge in [-0.3, -0.25) is 19.7 Å². The number of thiazole rings is 1. The van der Waals surface area contributed by atoms with E-state index in [-0.39, 0.29) is 24.6 Å². The number of fused-ring (bicyclic) bond motifs is 1. The number of nitro benzene ring substituents is 1. The van der Waals surface area contributed by atoms with Crippen LogP contribution in [0.3, 0.4) is 0 Å². The van der Waals surface area contributed by atoms with Crippen LogP contribution in [0.5, 0.6) is 5.75 Å². The number of nitro groups is 1. The van der Waals surface area contributed by atoms with E-state index in [0.29, 0.717) is 21.4 Å². The van der Waals surface area contributed by atoms with E-state index < -0.39 is 10.9 Å². The number of benzene rings is 2. The van der Waals surface area contributed by atoms with Gasteiger partial charge in [-0.05, 0) is 42.5 Å². The highest BCUT2D eigenvalue weighted by molar-refractivity contribution is 7.99. The number of esters is 1. The van der Waals surface area contributed by atoms with Crippen molar-refractivity contribution in [3.8, 4) is 5.75 Å². The predicted molar refractivity (Wildman–Crippen MR) is 122 cm³/mol. The maximum Gasteiger partial charge on any atom is 0.325 e. The number of nitrogens with zero attached hydrogens (tertiary/aromatic N) is 3. The number of ether oxygens (including phenoxy) is 2. The quantitative estimate of drug-likeness (QED) is 0.152. The Kier molecular flexibility index (Phi) is 8.01. The number of methoxy groups -OCH3 is 2. The van der Waals surface area contributed by atoms with Gasteiger partial charge in [-0.1, -0.05) is 11.3 Å². The van der Waals surface area contributed by atoms with Gasteiger partial charge in [0.15, 0.2) is 4.80 Å². The number of hydrogen-bond acceptors (Lipinski definition) is 8. The van der Waals surface area contributed by atoms with Crippen LogP contribution < -0.4 is 9.54 Å². The molecule has 0 unspecified atom stereocenters. The number of thioether (sulfide) groups is 1. The molecule has 0 saturated carbocycles. The van der Waals surface area contributed by atoms with E-state index >= 15 is 0 Å². The van der Waals surface area contributed by atoms with Gasteiger partial charge in [-0.2, -0.15) is 4.99 Å². The van der Waals surface area contributed by atoms with Gasteiger partial charge in [-0.25, -0.2) is 0 Å². The zero-order chi connectivity index (χ0) is 23.1. The molecule has 0 bridgehead atoms. The van der Waals surface area contributed by atoms with Crippen molar-refractivity contribution in [2.24, 2.45) is 4.99 Å². The number of carbonyl (C=O) groups is 2. The molecule has 3 rings (SSSR count). The standard InChI is InChI=1S/C21H21N3O6S2/c1-29-15-6-8-16(9-7-15)31-11-3-4-19(25)22-21-23(13-20(26)30-2)17-12-14(24(27)28)5-10-18(17)32-21/h5-10,12H,3-4,11,13H2,1-2H3. The largest absolute Gasteiger partial charge is 0.497 e. The molecular weight excluding hydrogens is 454 g/mol. The zero-order valence-electron chi connectivity index (χ0n) is 17.5. The fraction of sp³-hybridized carbons (Fsp3) is 0.286.